The van der Waals surface area contributed by atoms with E-state index < -0.39 is 87.0 Å². The van der Waals surface area contributed by atoms with E-state index in [4.69, 9.17) is 0 Å². The van der Waals surface area contributed by atoms with E-state index in [0.29, 0.717) is 0 Å². The average Bonchev–Trinajstić information content (AvgIpc) is 2.64. The van der Waals surface area contributed by atoms with Crippen molar-refractivity contribution >= 4 is 16.9 Å². The third-order valence-electron chi connectivity index (χ3n) is 4.28. The van der Waals surface area contributed by atoms with E-state index in [9.17, 15) is 110 Å². The summed E-state index contributed by atoms with van der Waals surface area (Å²) in [6, 6.07) is 0. The third-order valence-corrected chi connectivity index (χ3v) is 4.87. The van der Waals surface area contributed by atoms with Crippen molar-refractivity contribution in [3.8, 4) is 0 Å². The van der Waals surface area contributed by atoms with Gasteiger partial charge in [-0.15, -0.1) is 0 Å². The molecule has 0 unspecified atom stereocenters. The molecule has 0 nitrogen and oxygen atoms in total. The van der Waals surface area contributed by atoms with Gasteiger partial charge >= 0.3 is 184 Å². The number of alkyl halides is 25. The quantitative estimate of drug-likeness (QED) is 0.163. The van der Waals surface area contributed by atoms with Crippen LogP contribution in [0.3, 0.4) is 0 Å². The molecule has 0 amide bonds. The van der Waals surface area contributed by atoms with E-state index in [-0.39, 0.29) is 0 Å². The van der Waals surface area contributed by atoms with E-state index in [0.717, 1.165) is 0 Å². The fourth-order valence-corrected chi connectivity index (χ4v) is 2.24. The van der Waals surface area contributed by atoms with Crippen LogP contribution in [0.15, 0.2) is 0 Å². The predicted molar refractivity (Wildman–Crippen MR) is 66.2 cm³/mol. The summed E-state index contributed by atoms with van der Waals surface area (Å²) in [7, 11) is 0. The van der Waals surface area contributed by atoms with Crippen molar-refractivity contribution in [3.63, 3.8) is 0 Å². The van der Waals surface area contributed by atoms with E-state index in [1.165, 1.54) is 0 Å². The molecule has 0 aromatic rings. The van der Waals surface area contributed by atoms with E-state index in [2.05, 4.69) is 0 Å². The summed E-state index contributed by atoms with van der Waals surface area (Å²) in [6.45, 7) is 0. The number of hydrogen-bond acceptors (Lipinski definition) is 0. The second-order valence-corrected chi connectivity index (χ2v) is 7.96. The Labute approximate surface area is 198 Å². The zero-order valence-corrected chi connectivity index (χ0v) is 17.8. The van der Waals surface area contributed by atoms with Crippen LogP contribution < -0.4 is 0 Å². The second-order valence-electron chi connectivity index (χ2n) is 6.78. The van der Waals surface area contributed by atoms with E-state index in [1.54, 1.807) is 0 Å². The van der Waals surface area contributed by atoms with Crippen LogP contribution in [0.25, 0.3) is 0 Å². The Bertz CT molecular complexity index is 798. The van der Waals surface area contributed by atoms with Gasteiger partial charge in [-0.2, -0.15) is 13.2 Å². The Balaban J connectivity index is 7.29. The molecule has 0 heterocycles. The van der Waals surface area contributed by atoms with Crippen molar-refractivity contribution < 1.29 is 110 Å². The van der Waals surface area contributed by atoms with Crippen molar-refractivity contribution in [2.24, 2.45) is 0 Å². The van der Waals surface area contributed by atoms with Crippen LogP contribution in [0.1, 0.15) is 0 Å². The molecule has 0 aromatic heterocycles. The molecular formula is C12AsF25. The zero-order valence-electron chi connectivity index (χ0n) is 15.9. The van der Waals surface area contributed by atoms with Gasteiger partial charge in [-0.25, -0.2) is 0 Å². The summed E-state index contributed by atoms with van der Waals surface area (Å²) in [5, 5.41) is 0. The molecule has 0 rings (SSSR count). The molecular weight excluding hydrogens is 694 g/mol. The molecule has 0 saturated carbocycles. The minimum atomic E-state index is -9.56. The van der Waals surface area contributed by atoms with Crippen LogP contribution in [0, 0.1) is 0 Å². The molecule has 0 saturated heterocycles. The average molecular weight is 694 g/mol. The molecule has 0 aliphatic heterocycles. The molecule has 0 aromatic carbocycles. The van der Waals surface area contributed by atoms with Crippen LogP contribution in [0.4, 0.5) is 110 Å². The molecule has 0 N–H and O–H groups in total. The summed E-state index contributed by atoms with van der Waals surface area (Å²) in [6.07, 6.45) is -8.15. The molecule has 0 spiro atoms. The standard InChI is InChI=1S/C12AsF25/c13-11(34,35)9(30,31)7(26,27)5(22,23)3(18,19)1(14,15)2(16,17)4(20,21)6(24,25)8(28,29)10(32,33)12(36,37)38. The van der Waals surface area contributed by atoms with Gasteiger partial charge in [0.2, 0.25) is 0 Å². The van der Waals surface area contributed by atoms with Crippen LogP contribution in [-0.2, 0) is 0 Å². The van der Waals surface area contributed by atoms with Gasteiger partial charge in [0.1, 0.15) is 0 Å². The first-order valence-electron chi connectivity index (χ1n) is 7.70. The minimum absolute atomic E-state index is 0.957. The van der Waals surface area contributed by atoms with Gasteiger partial charge in [0, 0.05) is 0 Å². The van der Waals surface area contributed by atoms with Crippen LogP contribution in [0.5, 0.6) is 0 Å². The van der Waals surface area contributed by atoms with Crippen molar-refractivity contribution in [1.29, 1.82) is 0 Å². The SMILES string of the molecule is FC(F)(F)C(F)(F)C(F)(F)C(F)(F)C(F)(F)C(F)(F)C(F)(F)C(F)(F)C(F)(F)C(F)(F)C(F)(F)C(F)(F)[As]. The van der Waals surface area contributed by atoms with Gasteiger partial charge in [0.15, 0.2) is 0 Å². The summed E-state index contributed by atoms with van der Waals surface area (Å²) in [5.74, 6) is -91.0. The monoisotopic (exact) mass is 694 g/mol. The Morgan fingerprint density at radius 1 is 0.211 bits per heavy atom. The Morgan fingerprint density at radius 2 is 0.342 bits per heavy atom. The van der Waals surface area contributed by atoms with Gasteiger partial charge < -0.3 is 0 Å². The van der Waals surface area contributed by atoms with Crippen molar-refractivity contribution in [2.45, 2.75) is 70.1 Å². The zero-order chi connectivity index (χ0) is 32.0. The summed E-state index contributed by atoms with van der Waals surface area (Å²) in [5.41, 5.74) is 0. The van der Waals surface area contributed by atoms with Crippen molar-refractivity contribution in [2.75, 3.05) is 0 Å². The molecule has 0 aliphatic rings. The van der Waals surface area contributed by atoms with E-state index >= 15 is 0 Å². The molecule has 0 aliphatic carbocycles. The number of hydrogen-bond donors (Lipinski definition) is 0. The van der Waals surface area contributed by atoms with Crippen LogP contribution in [-0.4, -0.2) is 87.0 Å². The Kier molecular flexibility index (Phi) is 8.38. The molecule has 228 valence electrons. The van der Waals surface area contributed by atoms with E-state index in [1.807, 2.05) is 0 Å². The first-order chi connectivity index (χ1) is 15.8. The number of halogens is 25. The van der Waals surface area contributed by atoms with Crippen LogP contribution >= 0.6 is 0 Å². The first kappa shape index (κ1) is 36.8. The summed E-state index contributed by atoms with van der Waals surface area (Å²) >= 11 is -0.957. The fourth-order valence-electron chi connectivity index (χ4n) is 1.94. The molecule has 38 heavy (non-hydrogen) atoms. The predicted octanol–water partition coefficient (Wildman–Crippen LogP) is 7.66. The Hall–Kier alpha value is -1.19. The number of rotatable bonds is 10. The van der Waals surface area contributed by atoms with Gasteiger partial charge in [-0.05, 0) is 0 Å². The van der Waals surface area contributed by atoms with Crippen molar-refractivity contribution in [1.82, 2.24) is 0 Å². The topological polar surface area (TPSA) is 0 Å². The summed E-state index contributed by atoms with van der Waals surface area (Å²) < 4.78 is 317. The van der Waals surface area contributed by atoms with Gasteiger partial charge in [-0.1, -0.05) is 0 Å². The maximum atomic E-state index is 13.4. The molecule has 0 atom stereocenters. The first-order valence-corrected chi connectivity index (χ1v) is 8.64. The maximum absolute atomic E-state index is 13.4. The molecule has 2 radical (unpaired) electrons. The molecule has 26 heteroatoms. The molecule has 0 fully saturated rings. The Morgan fingerprint density at radius 3 is 0.474 bits per heavy atom. The normalized spacial score (nSPS) is 17.2. The summed E-state index contributed by atoms with van der Waals surface area (Å²) in [4.78, 5) is 0. The second kappa shape index (κ2) is 8.65. The van der Waals surface area contributed by atoms with Gasteiger partial charge in [-0.3, -0.25) is 0 Å². The fraction of sp³-hybridized carbons (Fsp3) is 1.00. The van der Waals surface area contributed by atoms with Gasteiger partial charge in [0.05, 0.1) is 0 Å². The molecule has 0 bridgehead atoms. The van der Waals surface area contributed by atoms with Crippen molar-refractivity contribution in [3.05, 3.63) is 0 Å². The van der Waals surface area contributed by atoms with Crippen LogP contribution in [0.2, 0.25) is 0 Å². The third kappa shape index (κ3) is 4.16. The van der Waals surface area contributed by atoms with Gasteiger partial charge in [0.25, 0.3) is 0 Å².